The summed E-state index contributed by atoms with van der Waals surface area (Å²) in [6.45, 7) is 2.35. The van der Waals surface area contributed by atoms with Crippen LogP contribution in [0, 0.1) is 23.1 Å². The van der Waals surface area contributed by atoms with Crippen molar-refractivity contribution in [3.63, 3.8) is 0 Å². The third-order valence-corrected chi connectivity index (χ3v) is 2.89. The number of hydrogen-bond acceptors (Lipinski definition) is 2. The molecule has 1 amide bonds. The quantitative estimate of drug-likeness (QED) is 0.803. The molecule has 1 unspecified atom stereocenters. The molecule has 0 spiro atoms. The van der Waals surface area contributed by atoms with Crippen LogP contribution < -0.4 is 0 Å². The van der Waals surface area contributed by atoms with E-state index in [1.54, 1.807) is 24.1 Å². The predicted octanol–water partition coefficient (Wildman–Crippen LogP) is 2.38. The third kappa shape index (κ3) is 3.85. The smallest absolute Gasteiger partial charge is 0.239 e. The van der Waals surface area contributed by atoms with Gasteiger partial charge in [-0.05, 0) is 30.5 Å². The van der Waals surface area contributed by atoms with E-state index in [2.05, 4.69) is 0 Å². The second-order valence-corrected chi connectivity index (χ2v) is 4.23. The van der Waals surface area contributed by atoms with Crippen LogP contribution in [0.2, 0.25) is 0 Å². The van der Waals surface area contributed by atoms with Crippen LogP contribution in [0.25, 0.3) is 0 Å². The zero-order valence-corrected chi connectivity index (χ0v) is 10.7. The first kappa shape index (κ1) is 14.2. The molecule has 0 saturated carbocycles. The highest BCUT2D eigenvalue weighted by molar-refractivity contribution is 5.80. The Balaban J connectivity index is 2.51. The van der Waals surface area contributed by atoms with E-state index < -0.39 is 5.92 Å². The third-order valence-electron chi connectivity index (χ3n) is 2.89. The van der Waals surface area contributed by atoms with Crippen molar-refractivity contribution >= 4 is 5.91 Å². The first-order valence-corrected chi connectivity index (χ1v) is 5.97. The molecule has 0 heterocycles. The molecule has 0 fully saturated rings. The van der Waals surface area contributed by atoms with Gasteiger partial charge in [-0.3, -0.25) is 4.79 Å². The molecule has 0 aliphatic carbocycles. The summed E-state index contributed by atoms with van der Waals surface area (Å²) in [5.41, 5.74) is 0.973. The molecule has 3 nitrogen and oxygen atoms in total. The minimum absolute atomic E-state index is 0.151. The van der Waals surface area contributed by atoms with Crippen LogP contribution in [0.5, 0.6) is 0 Å². The fourth-order valence-corrected chi connectivity index (χ4v) is 1.65. The number of likely N-dealkylation sites (N-methyl/N-ethyl adjacent to an activating group) is 1. The standard InChI is InChI=1S/C14H17FN2O/c1-3-12(10-16)14(18)17(2)9-8-11-4-6-13(15)7-5-11/h4-7,12H,3,8-9H2,1-2H3. The number of nitrogens with zero attached hydrogens (tertiary/aromatic N) is 2. The Morgan fingerprint density at radius 2 is 2.06 bits per heavy atom. The van der Waals surface area contributed by atoms with Gasteiger partial charge in [0.25, 0.3) is 0 Å². The zero-order valence-electron chi connectivity index (χ0n) is 10.7. The van der Waals surface area contributed by atoms with Gasteiger partial charge in [0.05, 0.1) is 6.07 Å². The molecule has 0 aliphatic rings. The van der Waals surface area contributed by atoms with Gasteiger partial charge in [-0.15, -0.1) is 0 Å². The van der Waals surface area contributed by atoms with E-state index in [0.29, 0.717) is 19.4 Å². The lowest BCUT2D eigenvalue weighted by Gasteiger charge is -2.19. The van der Waals surface area contributed by atoms with Gasteiger partial charge in [-0.25, -0.2) is 4.39 Å². The van der Waals surface area contributed by atoms with Crippen LogP contribution in [0.3, 0.4) is 0 Å². The van der Waals surface area contributed by atoms with Gasteiger partial charge in [0, 0.05) is 13.6 Å². The Morgan fingerprint density at radius 3 is 2.56 bits per heavy atom. The van der Waals surface area contributed by atoms with Crippen LogP contribution in [0.15, 0.2) is 24.3 Å². The number of nitriles is 1. The highest BCUT2D eigenvalue weighted by Gasteiger charge is 2.19. The van der Waals surface area contributed by atoms with Crippen molar-refractivity contribution < 1.29 is 9.18 Å². The molecule has 96 valence electrons. The van der Waals surface area contributed by atoms with E-state index in [1.807, 2.05) is 13.0 Å². The molecule has 0 N–H and O–H groups in total. The van der Waals surface area contributed by atoms with Gasteiger partial charge in [-0.2, -0.15) is 5.26 Å². The predicted molar refractivity (Wildman–Crippen MR) is 67.1 cm³/mol. The molecule has 1 aromatic carbocycles. The summed E-state index contributed by atoms with van der Waals surface area (Å²) in [4.78, 5) is 13.4. The molecule has 18 heavy (non-hydrogen) atoms. The SMILES string of the molecule is CCC(C#N)C(=O)N(C)CCc1ccc(F)cc1. The van der Waals surface area contributed by atoms with E-state index in [-0.39, 0.29) is 11.7 Å². The average Bonchev–Trinajstić information content (AvgIpc) is 2.39. The first-order valence-electron chi connectivity index (χ1n) is 5.97. The van der Waals surface area contributed by atoms with Crippen molar-refractivity contribution in [2.45, 2.75) is 19.8 Å². The summed E-state index contributed by atoms with van der Waals surface area (Å²) < 4.78 is 12.7. The maximum Gasteiger partial charge on any atom is 0.239 e. The summed E-state index contributed by atoms with van der Waals surface area (Å²) in [7, 11) is 1.69. The van der Waals surface area contributed by atoms with E-state index >= 15 is 0 Å². The minimum atomic E-state index is -0.566. The summed E-state index contributed by atoms with van der Waals surface area (Å²) in [5.74, 6) is -0.982. The van der Waals surface area contributed by atoms with Gasteiger partial charge in [-0.1, -0.05) is 19.1 Å². The lowest BCUT2D eigenvalue weighted by atomic mass is 10.1. The molecule has 1 aromatic rings. The second kappa shape index (κ2) is 6.75. The van der Waals surface area contributed by atoms with Crippen LogP contribution >= 0.6 is 0 Å². The maximum absolute atomic E-state index is 12.7. The number of halogens is 1. The summed E-state index contributed by atoms with van der Waals surface area (Å²) in [5, 5.41) is 8.82. The normalized spacial score (nSPS) is 11.7. The number of amides is 1. The number of carbonyl (C=O) groups is 1. The fourth-order valence-electron chi connectivity index (χ4n) is 1.65. The monoisotopic (exact) mass is 248 g/mol. The Labute approximate surface area is 107 Å². The summed E-state index contributed by atoms with van der Waals surface area (Å²) in [6.07, 6.45) is 1.18. The van der Waals surface area contributed by atoms with Crippen molar-refractivity contribution in [2.75, 3.05) is 13.6 Å². The summed E-state index contributed by atoms with van der Waals surface area (Å²) >= 11 is 0. The van der Waals surface area contributed by atoms with Gasteiger partial charge >= 0.3 is 0 Å². The molecule has 1 atom stereocenters. The summed E-state index contributed by atoms with van der Waals surface area (Å²) in [6, 6.07) is 8.21. The molecule has 0 saturated heterocycles. The van der Waals surface area contributed by atoms with Crippen molar-refractivity contribution in [1.82, 2.24) is 4.90 Å². The number of benzene rings is 1. The van der Waals surface area contributed by atoms with Crippen molar-refractivity contribution in [1.29, 1.82) is 5.26 Å². The molecular formula is C14H17FN2O. The van der Waals surface area contributed by atoms with Crippen molar-refractivity contribution in [3.05, 3.63) is 35.6 Å². The zero-order chi connectivity index (χ0) is 13.5. The number of carbonyl (C=O) groups excluding carboxylic acids is 1. The molecule has 4 heteroatoms. The molecule has 0 bridgehead atoms. The van der Waals surface area contributed by atoms with Crippen LogP contribution in [0.4, 0.5) is 4.39 Å². The molecular weight excluding hydrogens is 231 g/mol. The Hall–Kier alpha value is -1.89. The van der Waals surface area contributed by atoms with E-state index in [9.17, 15) is 9.18 Å². The maximum atomic E-state index is 12.7. The fraction of sp³-hybridized carbons (Fsp3) is 0.429. The minimum Gasteiger partial charge on any atom is -0.344 e. The number of rotatable bonds is 5. The largest absolute Gasteiger partial charge is 0.344 e. The van der Waals surface area contributed by atoms with Crippen LogP contribution in [-0.4, -0.2) is 24.4 Å². The van der Waals surface area contributed by atoms with Crippen molar-refractivity contribution in [2.24, 2.45) is 5.92 Å². The van der Waals surface area contributed by atoms with E-state index in [1.165, 1.54) is 12.1 Å². The Morgan fingerprint density at radius 1 is 1.44 bits per heavy atom. The molecule has 0 aromatic heterocycles. The highest BCUT2D eigenvalue weighted by Crippen LogP contribution is 2.08. The highest BCUT2D eigenvalue weighted by atomic mass is 19.1. The van der Waals surface area contributed by atoms with E-state index in [4.69, 9.17) is 5.26 Å². The Kier molecular flexibility index (Phi) is 5.31. The number of hydrogen-bond donors (Lipinski definition) is 0. The first-order chi connectivity index (χ1) is 8.58. The van der Waals surface area contributed by atoms with Crippen molar-refractivity contribution in [3.8, 4) is 6.07 Å². The lowest BCUT2D eigenvalue weighted by molar-refractivity contribution is -0.132. The Bertz CT molecular complexity index is 436. The molecule has 0 aliphatic heterocycles. The van der Waals surface area contributed by atoms with Crippen LogP contribution in [0.1, 0.15) is 18.9 Å². The molecule has 0 radical (unpaired) electrons. The van der Waals surface area contributed by atoms with Gasteiger partial charge in [0.15, 0.2) is 0 Å². The molecule has 1 rings (SSSR count). The lowest BCUT2D eigenvalue weighted by Crippen LogP contribution is -2.33. The van der Waals surface area contributed by atoms with E-state index in [0.717, 1.165) is 5.56 Å². The second-order valence-electron chi connectivity index (χ2n) is 4.23. The van der Waals surface area contributed by atoms with Crippen LogP contribution in [-0.2, 0) is 11.2 Å². The average molecular weight is 248 g/mol. The topological polar surface area (TPSA) is 44.1 Å². The van der Waals surface area contributed by atoms with Gasteiger partial charge in [0.1, 0.15) is 11.7 Å². The van der Waals surface area contributed by atoms with Gasteiger partial charge in [0.2, 0.25) is 5.91 Å². The van der Waals surface area contributed by atoms with Gasteiger partial charge < -0.3 is 4.90 Å².